The second kappa shape index (κ2) is 10.8. The van der Waals surface area contributed by atoms with Gasteiger partial charge in [-0.05, 0) is 65.8 Å². The number of benzene rings is 3. The summed E-state index contributed by atoms with van der Waals surface area (Å²) < 4.78 is 17.2. The molecule has 5 heteroatoms. The Hall–Kier alpha value is -2.53. The van der Waals surface area contributed by atoms with Gasteiger partial charge in [0.15, 0.2) is 11.5 Å². The average molecular weight is 480 g/mol. The standard InChI is InChI=1S/C29H33NO3.ClH/c1-31-27-17-22-13-16-30(19-24(22)18-28(27)32-2)15-8-14-29(25-10-4-3-5-11-25)21-33-20-23-9-6-7-12-26(23)29;/h3-7,9-12,17-18H,8,13-16,19-21H2,1-2H3;1H. The van der Waals surface area contributed by atoms with Crippen LogP contribution in [0.1, 0.15) is 40.7 Å². The van der Waals surface area contributed by atoms with E-state index in [9.17, 15) is 0 Å². The van der Waals surface area contributed by atoms with Crippen LogP contribution in [0.3, 0.4) is 0 Å². The Morgan fingerprint density at radius 2 is 1.59 bits per heavy atom. The Morgan fingerprint density at radius 1 is 0.882 bits per heavy atom. The van der Waals surface area contributed by atoms with Crippen LogP contribution in [0.4, 0.5) is 0 Å². The molecule has 0 fully saturated rings. The van der Waals surface area contributed by atoms with Gasteiger partial charge in [-0.2, -0.15) is 0 Å². The van der Waals surface area contributed by atoms with Gasteiger partial charge in [-0.25, -0.2) is 0 Å². The predicted octanol–water partition coefficient (Wildman–Crippen LogP) is 5.78. The lowest BCUT2D eigenvalue weighted by Crippen LogP contribution is -2.39. The first-order valence-corrected chi connectivity index (χ1v) is 11.9. The monoisotopic (exact) mass is 479 g/mol. The molecule has 0 N–H and O–H groups in total. The Labute approximate surface area is 209 Å². The van der Waals surface area contributed by atoms with E-state index >= 15 is 0 Å². The molecular formula is C29H34ClNO3. The van der Waals surface area contributed by atoms with E-state index in [0.29, 0.717) is 6.61 Å². The first-order chi connectivity index (χ1) is 16.2. The first-order valence-electron chi connectivity index (χ1n) is 11.9. The number of halogens is 1. The van der Waals surface area contributed by atoms with Crippen LogP contribution in [0, 0.1) is 0 Å². The molecule has 0 spiro atoms. The smallest absolute Gasteiger partial charge is 0.161 e. The number of nitrogens with zero attached hydrogens (tertiary/aromatic N) is 1. The largest absolute Gasteiger partial charge is 0.493 e. The minimum absolute atomic E-state index is 0. The lowest BCUT2D eigenvalue weighted by molar-refractivity contribution is 0.0598. The van der Waals surface area contributed by atoms with E-state index in [1.54, 1.807) is 14.2 Å². The molecule has 0 saturated carbocycles. The molecule has 2 aliphatic heterocycles. The van der Waals surface area contributed by atoms with Crippen molar-refractivity contribution in [1.29, 1.82) is 0 Å². The first kappa shape index (κ1) is 24.6. The van der Waals surface area contributed by atoms with Crippen LogP contribution in [0.5, 0.6) is 11.5 Å². The van der Waals surface area contributed by atoms with Crippen molar-refractivity contribution in [3.8, 4) is 11.5 Å². The molecule has 2 aliphatic rings. The van der Waals surface area contributed by atoms with Crippen molar-refractivity contribution in [1.82, 2.24) is 4.90 Å². The zero-order valence-electron chi connectivity index (χ0n) is 20.1. The van der Waals surface area contributed by atoms with Crippen molar-refractivity contribution in [3.63, 3.8) is 0 Å². The van der Waals surface area contributed by atoms with Gasteiger partial charge in [0.1, 0.15) is 0 Å². The molecule has 5 rings (SSSR count). The highest BCUT2D eigenvalue weighted by atomic mass is 35.5. The van der Waals surface area contributed by atoms with Gasteiger partial charge in [0.2, 0.25) is 0 Å². The number of hydrogen-bond donors (Lipinski definition) is 0. The van der Waals surface area contributed by atoms with E-state index in [-0.39, 0.29) is 17.8 Å². The van der Waals surface area contributed by atoms with Gasteiger partial charge in [0.25, 0.3) is 0 Å². The summed E-state index contributed by atoms with van der Waals surface area (Å²) in [5.74, 6) is 1.64. The summed E-state index contributed by atoms with van der Waals surface area (Å²) in [6, 6.07) is 24.0. The number of hydrogen-bond acceptors (Lipinski definition) is 4. The summed E-state index contributed by atoms with van der Waals surface area (Å²) in [6.07, 6.45) is 3.24. The summed E-state index contributed by atoms with van der Waals surface area (Å²) in [6.45, 7) is 4.56. The summed E-state index contributed by atoms with van der Waals surface area (Å²) >= 11 is 0. The molecule has 0 saturated heterocycles. The molecule has 0 amide bonds. The van der Waals surface area contributed by atoms with E-state index in [2.05, 4.69) is 71.6 Å². The van der Waals surface area contributed by atoms with E-state index in [4.69, 9.17) is 14.2 Å². The van der Waals surface area contributed by atoms with Crippen LogP contribution < -0.4 is 9.47 Å². The zero-order chi connectivity index (χ0) is 22.7. The van der Waals surface area contributed by atoms with Crippen molar-refractivity contribution in [2.45, 2.75) is 37.8 Å². The second-order valence-electron chi connectivity index (χ2n) is 9.20. The quantitative estimate of drug-likeness (QED) is 0.429. The molecule has 180 valence electrons. The minimum Gasteiger partial charge on any atom is -0.493 e. The lowest BCUT2D eigenvalue weighted by atomic mass is 9.69. The molecular weight excluding hydrogens is 446 g/mol. The SMILES string of the molecule is COc1cc2c(cc1OC)CN(CCCC1(c3ccccc3)COCc3ccccc31)CC2.Cl. The maximum atomic E-state index is 6.16. The molecule has 1 atom stereocenters. The normalized spacial score (nSPS) is 19.5. The fraction of sp³-hybridized carbons (Fsp3) is 0.379. The van der Waals surface area contributed by atoms with Gasteiger partial charge < -0.3 is 14.2 Å². The second-order valence-corrected chi connectivity index (χ2v) is 9.20. The molecule has 0 bridgehead atoms. The van der Waals surface area contributed by atoms with Gasteiger partial charge in [0, 0.05) is 18.5 Å². The fourth-order valence-electron chi connectivity index (χ4n) is 5.61. The Kier molecular flexibility index (Phi) is 7.82. The molecule has 3 aromatic rings. The third-order valence-corrected chi connectivity index (χ3v) is 7.34. The number of fused-ring (bicyclic) bond motifs is 2. The molecule has 0 radical (unpaired) electrons. The molecule has 0 aliphatic carbocycles. The van der Waals surface area contributed by atoms with Gasteiger partial charge in [-0.15, -0.1) is 12.4 Å². The van der Waals surface area contributed by atoms with E-state index in [1.807, 2.05) is 0 Å². The summed E-state index contributed by atoms with van der Waals surface area (Å²) in [5, 5.41) is 0. The van der Waals surface area contributed by atoms with Gasteiger partial charge in [0.05, 0.1) is 27.4 Å². The maximum Gasteiger partial charge on any atom is 0.161 e. The highest BCUT2D eigenvalue weighted by Gasteiger charge is 2.38. The van der Waals surface area contributed by atoms with Crippen molar-refractivity contribution in [3.05, 3.63) is 94.5 Å². The van der Waals surface area contributed by atoms with Gasteiger partial charge in [-0.3, -0.25) is 4.90 Å². The average Bonchev–Trinajstić information content (AvgIpc) is 2.88. The highest BCUT2D eigenvalue weighted by molar-refractivity contribution is 5.85. The maximum absolute atomic E-state index is 6.16. The predicted molar refractivity (Wildman–Crippen MR) is 138 cm³/mol. The third kappa shape index (κ3) is 4.68. The molecule has 4 nitrogen and oxygen atoms in total. The molecule has 34 heavy (non-hydrogen) atoms. The third-order valence-electron chi connectivity index (χ3n) is 7.34. The highest BCUT2D eigenvalue weighted by Crippen LogP contribution is 2.42. The van der Waals surface area contributed by atoms with Crippen molar-refractivity contribution in [2.24, 2.45) is 0 Å². The number of methoxy groups -OCH3 is 2. The Morgan fingerprint density at radius 3 is 2.35 bits per heavy atom. The van der Waals surface area contributed by atoms with Crippen LogP contribution >= 0.6 is 12.4 Å². The van der Waals surface area contributed by atoms with Crippen LogP contribution in [0.25, 0.3) is 0 Å². The van der Waals surface area contributed by atoms with Crippen molar-refractivity contribution in [2.75, 3.05) is 33.9 Å². The molecule has 0 aromatic heterocycles. The van der Waals surface area contributed by atoms with Crippen molar-refractivity contribution >= 4 is 12.4 Å². The molecule has 1 unspecified atom stereocenters. The zero-order valence-corrected chi connectivity index (χ0v) is 20.9. The van der Waals surface area contributed by atoms with Gasteiger partial charge in [-0.1, -0.05) is 54.6 Å². The van der Waals surface area contributed by atoms with Crippen molar-refractivity contribution < 1.29 is 14.2 Å². The van der Waals surface area contributed by atoms with Crippen LogP contribution in [0.2, 0.25) is 0 Å². The van der Waals surface area contributed by atoms with Crippen LogP contribution in [0.15, 0.2) is 66.7 Å². The Balaban J connectivity index is 0.00000274. The topological polar surface area (TPSA) is 30.9 Å². The van der Waals surface area contributed by atoms with Gasteiger partial charge >= 0.3 is 0 Å². The fourth-order valence-corrected chi connectivity index (χ4v) is 5.61. The number of ether oxygens (including phenoxy) is 3. The molecule has 3 aromatic carbocycles. The van der Waals surface area contributed by atoms with Crippen LogP contribution in [-0.2, 0) is 29.7 Å². The summed E-state index contributed by atoms with van der Waals surface area (Å²) in [7, 11) is 3.41. The van der Waals surface area contributed by atoms with E-state index in [0.717, 1.165) is 57.0 Å². The summed E-state index contributed by atoms with van der Waals surface area (Å²) in [4.78, 5) is 2.57. The van der Waals surface area contributed by atoms with Crippen LogP contribution in [-0.4, -0.2) is 38.8 Å². The summed E-state index contributed by atoms with van der Waals surface area (Å²) in [5.41, 5.74) is 6.75. The molecule has 2 heterocycles. The lowest BCUT2D eigenvalue weighted by Gasteiger charge is -2.40. The Bertz CT molecular complexity index is 1100. The van der Waals surface area contributed by atoms with E-state index < -0.39 is 0 Å². The van der Waals surface area contributed by atoms with E-state index in [1.165, 1.54) is 27.8 Å². The number of rotatable bonds is 7. The minimum atomic E-state index is -0.0830.